The largest absolute Gasteiger partial charge is 0.508 e. The Labute approximate surface area is 332 Å². The number of likely N-dealkylation sites (tertiary alicyclic amines) is 1. The number of phenolic OH excluding ortho intramolecular Hbond substituents is 1. The summed E-state index contributed by atoms with van der Waals surface area (Å²) >= 11 is 0. The first kappa shape index (κ1) is 44.0. The summed E-state index contributed by atoms with van der Waals surface area (Å²) in [5, 5.41) is 30.6. The molecule has 308 valence electrons. The molecule has 0 radical (unpaired) electrons. The van der Waals surface area contributed by atoms with E-state index >= 15 is 0 Å². The van der Waals surface area contributed by atoms with E-state index in [0.29, 0.717) is 30.5 Å². The van der Waals surface area contributed by atoms with Crippen molar-refractivity contribution in [3.05, 3.63) is 83.9 Å². The van der Waals surface area contributed by atoms with Crippen LogP contribution in [0.1, 0.15) is 70.2 Å². The van der Waals surface area contributed by atoms with E-state index in [1.807, 2.05) is 37.3 Å². The molecular weight excluding hydrogens is 732 g/mol. The van der Waals surface area contributed by atoms with Gasteiger partial charge >= 0.3 is 5.97 Å². The van der Waals surface area contributed by atoms with Gasteiger partial charge in [-0.05, 0) is 54.4 Å². The molecule has 4 rings (SSSR count). The van der Waals surface area contributed by atoms with Crippen LogP contribution in [-0.4, -0.2) is 103 Å². The van der Waals surface area contributed by atoms with E-state index in [-0.39, 0.29) is 43.9 Å². The molecule has 2 aromatic carbocycles. The molecule has 16 heteroatoms. The van der Waals surface area contributed by atoms with Gasteiger partial charge in [-0.15, -0.1) is 0 Å². The Balaban J connectivity index is 1.55. The van der Waals surface area contributed by atoms with Crippen molar-refractivity contribution in [3.63, 3.8) is 0 Å². The second kappa shape index (κ2) is 20.9. The first-order valence-corrected chi connectivity index (χ1v) is 19.4. The number of carboxylic acids is 1. The van der Waals surface area contributed by atoms with Gasteiger partial charge in [0, 0.05) is 37.3 Å². The molecule has 3 aromatic rings. The van der Waals surface area contributed by atoms with Crippen molar-refractivity contribution >= 4 is 35.5 Å². The fraction of sp³-hybridized carbons (Fsp3) is 0.488. The molecule has 0 saturated carbocycles. The SMILES string of the molecule is CC[C@H](C)[C@H](NC(=O)[C@H](Cc1ccc(O)cc1)NC(=O)[C@@H](N)C(C)C)C(=O)N[C@@H](Cc1cnc[nH]1)C(=O)N1CCC[C@H]1C(=O)N[C@H](CC(=O)O)Cc1ccccc1. The smallest absolute Gasteiger partial charge is 0.305 e. The van der Waals surface area contributed by atoms with Crippen molar-refractivity contribution in [3.8, 4) is 5.75 Å². The number of nitrogens with one attached hydrogen (secondary N) is 5. The molecule has 5 amide bonds. The Hall–Kier alpha value is -5.77. The lowest BCUT2D eigenvalue weighted by molar-refractivity contribution is -0.142. The lowest BCUT2D eigenvalue weighted by atomic mass is 9.96. The molecule has 1 saturated heterocycles. The van der Waals surface area contributed by atoms with Gasteiger partial charge in [0.2, 0.25) is 29.5 Å². The minimum absolute atomic E-state index is 0.00113. The Morgan fingerprint density at radius 1 is 0.860 bits per heavy atom. The maximum atomic E-state index is 14.4. The molecule has 16 nitrogen and oxygen atoms in total. The summed E-state index contributed by atoms with van der Waals surface area (Å²) < 4.78 is 0. The zero-order valence-corrected chi connectivity index (χ0v) is 32.9. The number of aromatic amines is 1. The lowest BCUT2D eigenvalue weighted by Gasteiger charge is -2.32. The molecule has 0 spiro atoms. The third-order valence-corrected chi connectivity index (χ3v) is 10.3. The van der Waals surface area contributed by atoms with Gasteiger partial charge in [-0.25, -0.2) is 4.98 Å². The van der Waals surface area contributed by atoms with Crippen LogP contribution in [0.4, 0.5) is 0 Å². The Morgan fingerprint density at radius 3 is 2.14 bits per heavy atom. The first-order valence-electron chi connectivity index (χ1n) is 19.4. The Morgan fingerprint density at radius 2 is 1.53 bits per heavy atom. The number of carboxylic acid groups (broad SMARTS) is 1. The second-order valence-electron chi connectivity index (χ2n) is 15.1. The van der Waals surface area contributed by atoms with Gasteiger partial charge in [-0.2, -0.15) is 0 Å². The van der Waals surface area contributed by atoms with Gasteiger partial charge in [0.05, 0.1) is 18.8 Å². The van der Waals surface area contributed by atoms with Gasteiger partial charge in [0.25, 0.3) is 0 Å². The van der Waals surface area contributed by atoms with Gasteiger partial charge in [-0.1, -0.05) is 76.6 Å². The third-order valence-electron chi connectivity index (χ3n) is 10.3. The normalized spacial score (nSPS) is 17.1. The molecule has 1 aliphatic rings. The average Bonchev–Trinajstić information content (AvgIpc) is 3.89. The molecule has 7 atom stereocenters. The maximum absolute atomic E-state index is 14.4. The highest BCUT2D eigenvalue weighted by atomic mass is 16.4. The van der Waals surface area contributed by atoms with Crippen LogP contribution < -0.4 is 27.0 Å². The standard InChI is InChI=1S/C41H56N8O8/c1-5-25(4)36(48-37(53)31(46-39(55)35(42)24(2)3)19-27-13-15-30(50)16-14-27)40(56)47-32(20-29-22-43-23-44-29)41(57)49-17-9-12-33(49)38(54)45-28(21-34(51)52)18-26-10-7-6-8-11-26/h6-8,10-11,13-16,22-25,28,31-33,35-36,50H,5,9,12,17-21,42H2,1-4H3,(H,43,44)(H,45,54)(H,46,55)(H,47,56)(H,48,53)(H,51,52)/t25-,28-,31-,32-,33-,35-,36-/m0/s1. The van der Waals surface area contributed by atoms with Gasteiger partial charge in [-0.3, -0.25) is 28.8 Å². The average molecular weight is 789 g/mol. The molecular formula is C41H56N8O8. The number of amides is 5. The number of aromatic hydroxyl groups is 1. The van der Waals surface area contributed by atoms with Crippen molar-refractivity contribution in [2.45, 2.75) is 109 Å². The summed E-state index contributed by atoms with van der Waals surface area (Å²) in [5.41, 5.74) is 8.13. The fourth-order valence-corrected chi connectivity index (χ4v) is 6.77. The molecule has 1 aliphatic heterocycles. The highest BCUT2D eigenvalue weighted by molar-refractivity contribution is 5.96. The minimum atomic E-state index is -1.18. The van der Waals surface area contributed by atoms with Crippen LogP contribution >= 0.6 is 0 Å². The zero-order valence-electron chi connectivity index (χ0n) is 32.9. The maximum Gasteiger partial charge on any atom is 0.305 e. The molecule has 1 fully saturated rings. The van der Waals surface area contributed by atoms with Gasteiger partial charge in [0.15, 0.2) is 0 Å². The van der Waals surface area contributed by atoms with Gasteiger partial charge < -0.3 is 47.1 Å². The Kier molecular flexibility index (Phi) is 16.2. The summed E-state index contributed by atoms with van der Waals surface area (Å²) in [6.07, 6.45) is 4.29. The van der Waals surface area contributed by atoms with Crippen LogP contribution in [0.15, 0.2) is 67.1 Å². The molecule has 2 heterocycles. The topological polar surface area (TPSA) is 249 Å². The van der Waals surface area contributed by atoms with E-state index in [1.54, 1.807) is 32.9 Å². The van der Waals surface area contributed by atoms with E-state index < -0.39 is 77.7 Å². The number of H-pyrrole nitrogens is 1. The predicted octanol–water partition coefficient (Wildman–Crippen LogP) is 1.58. The van der Waals surface area contributed by atoms with Crippen molar-refractivity contribution in [2.24, 2.45) is 17.6 Å². The minimum Gasteiger partial charge on any atom is -0.508 e. The van der Waals surface area contributed by atoms with Crippen LogP contribution in [-0.2, 0) is 48.0 Å². The quantitative estimate of drug-likeness (QED) is 0.0821. The van der Waals surface area contributed by atoms with Gasteiger partial charge in [0.1, 0.15) is 29.9 Å². The van der Waals surface area contributed by atoms with E-state index in [2.05, 4.69) is 31.2 Å². The first-order chi connectivity index (χ1) is 27.2. The lowest BCUT2D eigenvalue weighted by Crippen LogP contribution is -2.61. The summed E-state index contributed by atoms with van der Waals surface area (Å²) in [6, 6.07) is 9.39. The van der Waals surface area contributed by atoms with Crippen molar-refractivity contribution in [2.75, 3.05) is 6.54 Å². The highest BCUT2D eigenvalue weighted by Gasteiger charge is 2.40. The van der Waals surface area contributed by atoms with E-state index in [9.17, 15) is 39.0 Å². The van der Waals surface area contributed by atoms with Crippen LogP contribution in [0.25, 0.3) is 0 Å². The summed E-state index contributed by atoms with van der Waals surface area (Å²) in [5.74, 6) is -4.52. The molecule has 0 unspecified atom stereocenters. The number of hydrogen-bond acceptors (Lipinski definition) is 9. The number of nitrogens with two attached hydrogens (primary N) is 1. The van der Waals surface area contributed by atoms with Crippen molar-refractivity contribution < 1.29 is 39.0 Å². The predicted molar refractivity (Wildman–Crippen MR) is 211 cm³/mol. The molecule has 0 aliphatic carbocycles. The van der Waals surface area contributed by atoms with Crippen LogP contribution in [0, 0.1) is 11.8 Å². The third kappa shape index (κ3) is 12.9. The number of hydrogen-bond donors (Lipinski definition) is 8. The highest BCUT2D eigenvalue weighted by Crippen LogP contribution is 2.21. The fourth-order valence-electron chi connectivity index (χ4n) is 6.77. The number of imidazole rings is 1. The Bertz CT molecular complexity index is 1800. The molecule has 57 heavy (non-hydrogen) atoms. The molecule has 9 N–H and O–H groups in total. The van der Waals surface area contributed by atoms with Crippen molar-refractivity contribution in [1.82, 2.24) is 36.1 Å². The number of carbonyl (C=O) groups excluding carboxylic acids is 5. The summed E-state index contributed by atoms with van der Waals surface area (Å²) in [7, 11) is 0. The van der Waals surface area contributed by atoms with Crippen LogP contribution in [0.2, 0.25) is 0 Å². The number of benzene rings is 2. The second-order valence-corrected chi connectivity index (χ2v) is 15.1. The number of aromatic nitrogens is 2. The number of nitrogens with zero attached hydrogens (tertiary/aromatic N) is 2. The number of aliphatic carboxylic acids is 1. The van der Waals surface area contributed by atoms with Crippen molar-refractivity contribution in [1.29, 1.82) is 0 Å². The summed E-state index contributed by atoms with van der Waals surface area (Å²) in [6.45, 7) is 7.43. The molecule has 1 aromatic heterocycles. The van der Waals surface area contributed by atoms with Crippen LogP contribution in [0.3, 0.4) is 0 Å². The number of carbonyl (C=O) groups is 6. The molecule has 0 bridgehead atoms. The van der Waals surface area contributed by atoms with E-state index in [4.69, 9.17) is 5.73 Å². The van der Waals surface area contributed by atoms with E-state index in [1.165, 1.54) is 29.6 Å². The number of phenols is 1. The summed E-state index contributed by atoms with van der Waals surface area (Å²) in [4.78, 5) is 89.5. The monoisotopic (exact) mass is 788 g/mol. The van der Waals surface area contributed by atoms with E-state index in [0.717, 1.165) is 5.56 Å². The number of rotatable bonds is 20. The zero-order chi connectivity index (χ0) is 41.6. The van der Waals surface area contributed by atoms with Crippen LogP contribution in [0.5, 0.6) is 5.75 Å².